The van der Waals surface area contributed by atoms with Crippen LogP contribution in [0.2, 0.25) is 0 Å². The minimum atomic E-state index is -0.587. The Morgan fingerprint density at radius 1 is 0.865 bits per heavy atom. The molecule has 3 amide bonds. The predicted molar refractivity (Wildman–Crippen MR) is 139 cm³/mol. The van der Waals surface area contributed by atoms with Crippen LogP contribution in [0.15, 0.2) is 60.7 Å². The summed E-state index contributed by atoms with van der Waals surface area (Å²) in [4.78, 5) is 54.8. The zero-order chi connectivity index (χ0) is 25.7. The number of esters is 1. The Kier molecular flexibility index (Phi) is 5.78. The second-order valence-corrected chi connectivity index (χ2v) is 10.3. The number of imide groups is 1. The van der Waals surface area contributed by atoms with Crippen LogP contribution in [0.25, 0.3) is 10.8 Å². The molecular weight excluding hydrogens is 468 g/mol. The summed E-state index contributed by atoms with van der Waals surface area (Å²) < 4.78 is 5.66. The maximum atomic E-state index is 13.0. The van der Waals surface area contributed by atoms with E-state index in [-0.39, 0.29) is 42.5 Å². The van der Waals surface area contributed by atoms with E-state index in [1.165, 1.54) is 4.90 Å². The van der Waals surface area contributed by atoms with Gasteiger partial charge in [0.25, 0.3) is 0 Å². The van der Waals surface area contributed by atoms with Gasteiger partial charge in [-0.05, 0) is 55.0 Å². The van der Waals surface area contributed by atoms with Crippen molar-refractivity contribution in [2.24, 2.45) is 17.8 Å². The first-order valence-corrected chi connectivity index (χ1v) is 12.9. The minimum absolute atomic E-state index is 0.0820. The third kappa shape index (κ3) is 3.99. The molecule has 2 aliphatic heterocycles. The van der Waals surface area contributed by atoms with Crippen LogP contribution in [-0.4, -0.2) is 30.2 Å². The van der Waals surface area contributed by atoms with Crippen LogP contribution in [-0.2, 0) is 19.2 Å². The van der Waals surface area contributed by atoms with Crippen LogP contribution in [0.1, 0.15) is 37.7 Å². The average molecular weight is 497 g/mol. The molecule has 7 heteroatoms. The average Bonchev–Trinajstić information content (AvgIpc) is 3.41. The molecule has 7 nitrogen and oxygen atoms in total. The Labute approximate surface area is 215 Å². The number of carbonyl (C=O) groups excluding carboxylic acids is 4. The summed E-state index contributed by atoms with van der Waals surface area (Å²) in [5.74, 6) is -1.53. The summed E-state index contributed by atoms with van der Waals surface area (Å²) in [5, 5.41) is 1.99. The fraction of sp³-hybridized carbons (Fsp3) is 0.333. The van der Waals surface area contributed by atoms with Crippen molar-refractivity contribution >= 4 is 45.8 Å². The largest absolute Gasteiger partial charge is 0.426 e. The lowest BCUT2D eigenvalue weighted by Gasteiger charge is -2.19. The van der Waals surface area contributed by atoms with Gasteiger partial charge in [-0.15, -0.1) is 0 Å². The van der Waals surface area contributed by atoms with Crippen LogP contribution in [0.4, 0.5) is 11.4 Å². The standard InChI is InChI=1S/C30H28N2O5/c1-18-15-21(13-14-25(18)32-28(34)23-10-4-5-11-24(23)29(32)35)37-30(36)20-16-27(33)31(17-20)26-12-6-8-19-7-2-3-9-22(19)26/h2-3,6-9,12-15,20,23-24H,4-5,10-11,16-17H2,1H3/t20-,23-,24+/m1/s1. The molecule has 0 radical (unpaired) electrons. The lowest BCUT2D eigenvalue weighted by molar-refractivity contribution is -0.139. The number of hydrogen-bond acceptors (Lipinski definition) is 5. The summed E-state index contributed by atoms with van der Waals surface area (Å²) in [6.07, 6.45) is 3.55. The lowest BCUT2D eigenvalue weighted by atomic mass is 9.81. The first-order valence-electron chi connectivity index (χ1n) is 12.9. The van der Waals surface area contributed by atoms with Crippen molar-refractivity contribution in [3.05, 3.63) is 66.2 Å². The van der Waals surface area contributed by atoms with Gasteiger partial charge < -0.3 is 9.64 Å². The van der Waals surface area contributed by atoms with Gasteiger partial charge in [0.1, 0.15) is 5.75 Å². The van der Waals surface area contributed by atoms with Gasteiger partial charge in [-0.1, -0.05) is 49.2 Å². The van der Waals surface area contributed by atoms with Crippen molar-refractivity contribution in [3.63, 3.8) is 0 Å². The summed E-state index contributed by atoms with van der Waals surface area (Å²) in [6, 6.07) is 18.6. The van der Waals surface area contributed by atoms with Crippen LogP contribution < -0.4 is 14.5 Å². The van der Waals surface area contributed by atoms with Gasteiger partial charge >= 0.3 is 5.97 Å². The molecular formula is C30H28N2O5. The number of amides is 3. The molecule has 188 valence electrons. The van der Waals surface area contributed by atoms with Gasteiger partial charge in [-0.2, -0.15) is 0 Å². The molecule has 0 aromatic heterocycles. The molecule has 1 aliphatic carbocycles. The maximum Gasteiger partial charge on any atom is 0.316 e. The highest BCUT2D eigenvalue weighted by atomic mass is 16.5. The van der Waals surface area contributed by atoms with Crippen molar-refractivity contribution in [2.45, 2.75) is 39.0 Å². The number of benzene rings is 3. The number of nitrogens with zero attached hydrogens (tertiary/aromatic N) is 2. The number of anilines is 2. The van der Waals surface area contributed by atoms with Gasteiger partial charge in [0.2, 0.25) is 17.7 Å². The number of carbonyl (C=O) groups is 4. The summed E-state index contributed by atoms with van der Waals surface area (Å²) in [7, 11) is 0. The van der Waals surface area contributed by atoms with Crippen molar-refractivity contribution in [1.82, 2.24) is 0 Å². The smallest absolute Gasteiger partial charge is 0.316 e. The Morgan fingerprint density at radius 2 is 1.57 bits per heavy atom. The molecule has 2 heterocycles. The van der Waals surface area contributed by atoms with E-state index in [4.69, 9.17) is 4.74 Å². The van der Waals surface area contributed by atoms with Crippen molar-refractivity contribution < 1.29 is 23.9 Å². The fourth-order valence-corrected chi connectivity index (χ4v) is 6.08. The van der Waals surface area contributed by atoms with Gasteiger partial charge in [-0.3, -0.25) is 19.2 Å². The van der Waals surface area contributed by atoms with Crippen molar-refractivity contribution in [1.29, 1.82) is 0 Å². The summed E-state index contributed by atoms with van der Waals surface area (Å²) >= 11 is 0. The highest BCUT2D eigenvalue weighted by molar-refractivity contribution is 6.22. The maximum absolute atomic E-state index is 13.0. The quantitative estimate of drug-likeness (QED) is 0.295. The van der Waals surface area contributed by atoms with E-state index in [9.17, 15) is 19.2 Å². The summed E-state index contributed by atoms with van der Waals surface area (Å²) in [5.41, 5.74) is 2.02. The number of fused-ring (bicyclic) bond motifs is 2. The monoisotopic (exact) mass is 496 g/mol. The Hall–Kier alpha value is -4.00. The molecule has 3 aromatic rings. The third-order valence-corrected chi connectivity index (χ3v) is 7.98. The Balaban J connectivity index is 1.17. The van der Waals surface area contributed by atoms with E-state index >= 15 is 0 Å². The zero-order valence-electron chi connectivity index (χ0n) is 20.7. The molecule has 6 rings (SSSR count). The van der Waals surface area contributed by atoms with E-state index in [2.05, 4.69) is 0 Å². The van der Waals surface area contributed by atoms with Crippen molar-refractivity contribution in [3.8, 4) is 5.75 Å². The first-order chi connectivity index (χ1) is 17.9. The molecule has 0 N–H and O–H groups in total. The van der Waals surface area contributed by atoms with Gasteiger partial charge in [0.05, 0.1) is 29.1 Å². The Morgan fingerprint density at radius 3 is 2.30 bits per heavy atom. The molecule has 0 bridgehead atoms. The van der Waals surface area contributed by atoms with Gasteiger partial charge in [0, 0.05) is 18.4 Å². The molecule has 2 saturated heterocycles. The molecule has 0 unspecified atom stereocenters. The molecule has 3 atom stereocenters. The highest BCUT2D eigenvalue weighted by Gasteiger charge is 2.49. The minimum Gasteiger partial charge on any atom is -0.426 e. The van der Waals surface area contributed by atoms with Crippen molar-refractivity contribution in [2.75, 3.05) is 16.3 Å². The Bertz CT molecular complexity index is 1420. The molecule has 3 aromatic carbocycles. The van der Waals surface area contributed by atoms with Gasteiger partial charge in [-0.25, -0.2) is 4.90 Å². The number of hydrogen-bond donors (Lipinski definition) is 0. The highest BCUT2D eigenvalue weighted by Crippen LogP contribution is 2.41. The van der Waals surface area contributed by atoms with Crippen LogP contribution in [0, 0.1) is 24.7 Å². The topological polar surface area (TPSA) is 84.0 Å². The molecule has 1 saturated carbocycles. The lowest BCUT2D eigenvalue weighted by Crippen LogP contribution is -2.31. The normalized spacial score (nSPS) is 23.6. The molecule has 3 aliphatic rings. The van der Waals surface area contributed by atoms with E-state index in [0.717, 1.165) is 42.1 Å². The predicted octanol–water partition coefficient (Wildman–Crippen LogP) is 4.79. The molecule has 0 spiro atoms. The molecule has 3 fully saturated rings. The van der Waals surface area contributed by atoms with Crippen LogP contribution in [0.3, 0.4) is 0 Å². The van der Waals surface area contributed by atoms with E-state index in [1.807, 2.05) is 42.5 Å². The SMILES string of the molecule is Cc1cc(OC(=O)[C@@H]2CC(=O)N(c3cccc4ccccc34)C2)ccc1N1C(=O)[C@H]2CCCC[C@H]2C1=O. The van der Waals surface area contributed by atoms with Crippen LogP contribution >= 0.6 is 0 Å². The second kappa shape index (κ2) is 9.14. The van der Waals surface area contributed by atoms with E-state index < -0.39 is 11.9 Å². The number of rotatable bonds is 4. The zero-order valence-corrected chi connectivity index (χ0v) is 20.7. The molecule has 37 heavy (non-hydrogen) atoms. The van der Waals surface area contributed by atoms with Gasteiger partial charge in [0.15, 0.2) is 0 Å². The van der Waals surface area contributed by atoms with Crippen LogP contribution in [0.5, 0.6) is 5.75 Å². The second-order valence-electron chi connectivity index (χ2n) is 10.3. The summed E-state index contributed by atoms with van der Waals surface area (Å²) in [6.45, 7) is 2.05. The number of aryl methyl sites for hydroxylation is 1. The van der Waals surface area contributed by atoms with E-state index in [0.29, 0.717) is 17.0 Å². The number of ether oxygens (including phenoxy) is 1. The third-order valence-electron chi connectivity index (χ3n) is 7.98. The first kappa shape index (κ1) is 23.4. The fourth-order valence-electron chi connectivity index (χ4n) is 6.08. The van der Waals surface area contributed by atoms with E-state index in [1.54, 1.807) is 30.0 Å².